The molecule has 0 radical (unpaired) electrons. The van der Waals surface area contributed by atoms with Gasteiger partial charge in [-0.15, -0.1) is 0 Å². The minimum absolute atomic E-state index is 0.0502. The summed E-state index contributed by atoms with van der Waals surface area (Å²) in [5.74, 6) is -0.241. The van der Waals surface area contributed by atoms with Crippen molar-refractivity contribution in [3.8, 4) is 0 Å². The summed E-state index contributed by atoms with van der Waals surface area (Å²) in [6, 6.07) is 4.59. The maximum absolute atomic E-state index is 11.9. The Bertz CT molecular complexity index is 551. The van der Waals surface area contributed by atoms with Crippen LogP contribution in [0.4, 0.5) is 11.4 Å². The van der Waals surface area contributed by atoms with Crippen molar-refractivity contribution in [2.75, 3.05) is 19.4 Å². The zero-order valence-corrected chi connectivity index (χ0v) is 12.0. The molecule has 6 heteroatoms. The van der Waals surface area contributed by atoms with Crippen molar-refractivity contribution >= 4 is 17.3 Å². The number of nitrogens with zero attached hydrogens (tertiary/aromatic N) is 2. The minimum Gasteiger partial charge on any atom is -0.374 e. The Morgan fingerprint density at radius 1 is 1.40 bits per heavy atom. The topological polar surface area (TPSA) is 75.5 Å². The Labute approximate surface area is 117 Å². The van der Waals surface area contributed by atoms with Gasteiger partial charge in [0.2, 0.25) is 0 Å². The number of nitro benzene ring substituents is 1. The Morgan fingerprint density at radius 3 is 2.50 bits per heavy atom. The van der Waals surface area contributed by atoms with Crippen LogP contribution in [0.25, 0.3) is 0 Å². The number of benzene rings is 1. The van der Waals surface area contributed by atoms with Crippen molar-refractivity contribution in [1.29, 1.82) is 0 Å². The van der Waals surface area contributed by atoms with Crippen molar-refractivity contribution < 1.29 is 9.72 Å². The Kier molecular flexibility index (Phi) is 3.65. The van der Waals surface area contributed by atoms with Gasteiger partial charge in [0, 0.05) is 31.3 Å². The molecule has 1 aliphatic carbocycles. The van der Waals surface area contributed by atoms with Crippen LogP contribution >= 0.6 is 0 Å². The van der Waals surface area contributed by atoms with Gasteiger partial charge in [-0.2, -0.15) is 0 Å². The van der Waals surface area contributed by atoms with Crippen molar-refractivity contribution in [3.05, 3.63) is 33.9 Å². The van der Waals surface area contributed by atoms with Crippen molar-refractivity contribution in [2.24, 2.45) is 0 Å². The number of anilines is 1. The summed E-state index contributed by atoms with van der Waals surface area (Å²) in [6.07, 6.45) is 3.14. The summed E-state index contributed by atoms with van der Waals surface area (Å²) in [4.78, 5) is 24.0. The molecule has 6 nitrogen and oxygen atoms in total. The van der Waals surface area contributed by atoms with E-state index in [0.717, 1.165) is 19.3 Å². The standard InChI is InChI=1S/C14H19N3O3/c1-14(7-4-8-14)15-11-6-5-10(13(18)16(2)3)9-12(11)17(19)20/h5-6,9,15H,4,7-8H2,1-3H3. The largest absolute Gasteiger partial charge is 0.374 e. The average Bonchev–Trinajstić information content (AvgIpc) is 2.36. The zero-order valence-electron chi connectivity index (χ0n) is 12.0. The lowest BCUT2D eigenvalue weighted by Crippen LogP contribution is -2.41. The van der Waals surface area contributed by atoms with Crippen LogP contribution in [-0.4, -0.2) is 35.4 Å². The SMILES string of the molecule is CN(C)C(=O)c1ccc(NC2(C)CCC2)c([N+](=O)[O-])c1. The maximum Gasteiger partial charge on any atom is 0.293 e. The van der Waals surface area contributed by atoms with E-state index >= 15 is 0 Å². The van der Waals surface area contributed by atoms with Crippen LogP contribution in [0.1, 0.15) is 36.5 Å². The highest BCUT2D eigenvalue weighted by molar-refractivity contribution is 5.95. The fourth-order valence-corrected chi connectivity index (χ4v) is 2.34. The Balaban J connectivity index is 2.33. The van der Waals surface area contributed by atoms with Crippen molar-refractivity contribution in [1.82, 2.24) is 4.90 Å². The lowest BCUT2D eigenvalue weighted by atomic mass is 9.78. The molecule has 0 heterocycles. The molecule has 0 aromatic heterocycles. The van der Waals surface area contributed by atoms with Crippen LogP contribution in [0.2, 0.25) is 0 Å². The summed E-state index contributed by atoms with van der Waals surface area (Å²) < 4.78 is 0. The number of nitro groups is 1. The van der Waals surface area contributed by atoms with E-state index in [1.165, 1.54) is 11.0 Å². The lowest BCUT2D eigenvalue weighted by molar-refractivity contribution is -0.384. The highest BCUT2D eigenvalue weighted by atomic mass is 16.6. The molecule has 0 spiro atoms. The Hall–Kier alpha value is -2.11. The Morgan fingerprint density at radius 2 is 2.05 bits per heavy atom. The van der Waals surface area contributed by atoms with Gasteiger partial charge in [-0.1, -0.05) is 0 Å². The van der Waals surface area contributed by atoms with E-state index < -0.39 is 4.92 Å². The van der Waals surface area contributed by atoms with E-state index in [0.29, 0.717) is 11.3 Å². The molecule has 108 valence electrons. The average molecular weight is 277 g/mol. The third-order valence-corrected chi connectivity index (χ3v) is 3.74. The number of hydrogen-bond acceptors (Lipinski definition) is 4. The second kappa shape index (κ2) is 5.11. The smallest absolute Gasteiger partial charge is 0.293 e. The van der Waals surface area contributed by atoms with Crippen LogP contribution in [-0.2, 0) is 0 Å². The first-order valence-corrected chi connectivity index (χ1v) is 6.61. The molecule has 1 saturated carbocycles. The molecular formula is C14H19N3O3. The highest BCUT2D eigenvalue weighted by Gasteiger charge is 2.33. The van der Waals surface area contributed by atoms with E-state index in [4.69, 9.17) is 0 Å². The molecule has 0 aliphatic heterocycles. The summed E-state index contributed by atoms with van der Waals surface area (Å²) in [6.45, 7) is 2.05. The molecule has 0 bridgehead atoms. The monoisotopic (exact) mass is 277 g/mol. The number of carbonyl (C=O) groups is 1. The van der Waals surface area contributed by atoms with Gasteiger partial charge in [-0.3, -0.25) is 14.9 Å². The van der Waals surface area contributed by atoms with Gasteiger partial charge >= 0.3 is 0 Å². The molecular weight excluding hydrogens is 258 g/mol. The molecule has 1 N–H and O–H groups in total. The summed E-state index contributed by atoms with van der Waals surface area (Å²) >= 11 is 0. The highest BCUT2D eigenvalue weighted by Crippen LogP contribution is 2.37. The molecule has 1 aromatic rings. The van der Waals surface area contributed by atoms with E-state index in [9.17, 15) is 14.9 Å². The molecule has 2 rings (SSSR count). The maximum atomic E-state index is 11.9. The van der Waals surface area contributed by atoms with Gasteiger partial charge in [0.1, 0.15) is 5.69 Å². The third kappa shape index (κ3) is 2.74. The zero-order chi connectivity index (χ0) is 14.9. The molecule has 1 aliphatic rings. The fraction of sp³-hybridized carbons (Fsp3) is 0.500. The number of hydrogen-bond donors (Lipinski definition) is 1. The van der Waals surface area contributed by atoms with Gasteiger partial charge in [0.25, 0.3) is 11.6 Å². The predicted molar refractivity (Wildman–Crippen MR) is 77.0 cm³/mol. The molecule has 0 atom stereocenters. The first kappa shape index (κ1) is 14.3. The van der Waals surface area contributed by atoms with Gasteiger partial charge in [0.15, 0.2) is 0 Å². The molecule has 1 fully saturated rings. The normalized spacial score (nSPS) is 16.1. The molecule has 20 heavy (non-hydrogen) atoms. The second-order valence-corrected chi connectivity index (χ2v) is 5.73. The van der Waals surface area contributed by atoms with Gasteiger partial charge in [-0.25, -0.2) is 0 Å². The fourth-order valence-electron chi connectivity index (χ4n) is 2.34. The van der Waals surface area contributed by atoms with Crippen LogP contribution in [0.15, 0.2) is 18.2 Å². The van der Waals surface area contributed by atoms with E-state index in [1.807, 2.05) is 0 Å². The van der Waals surface area contributed by atoms with E-state index in [1.54, 1.807) is 26.2 Å². The summed E-state index contributed by atoms with van der Waals surface area (Å²) in [5, 5.41) is 14.4. The quantitative estimate of drug-likeness (QED) is 0.678. The van der Waals surface area contributed by atoms with Crippen LogP contribution in [0, 0.1) is 10.1 Å². The van der Waals surface area contributed by atoms with E-state index in [-0.39, 0.29) is 17.1 Å². The second-order valence-electron chi connectivity index (χ2n) is 5.73. The minimum atomic E-state index is -0.448. The number of rotatable bonds is 4. The summed E-state index contributed by atoms with van der Waals surface area (Å²) in [7, 11) is 3.24. The molecule has 1 aromatic carbocycles. The number of amides is 1. The predicted octanol–water partition coefficient (Wildman–Crippen LogP) is 2.65. The third-order valence-electron chi connectivity index (χ3n) is 3.74. The number of nitrogens with one attached hydrogen (secondary N) is 1. The lowest BCUT2D eigenvalue weighted by Gasteiger charge is -2.39. The van der Waals surface area contributed by atoms with Gasteiger partial charge in [0.05, 0.1) is 4.92 Å². The van der Waals surface area contributed by atoms with Crippen LogP contribution in [0.3, 0.4) is 0 Å². The van der Waals surface area contributed by atoms with Gasteiger partial charge < -0.3 is 10.2 Å². The molecule has 1 amide bonds. The van der Waals surface area contributed by atoms with Crippen molar-refractivity contribution in [2.45, 2.75) is 31.7 Å². The van der Waals surface area contributed by atoms with Crippen LogP contribution in [0.5, 0.6) is 0 Å². The number of carbonyl (C=O) groups excluding carboxylic acids is 1. The molecule has 0 unspecified atom stereocenters. The van der Waals surface area contributed by atoms with E-state index in [2.05, 4.69) is 12.2 Å². The van der Waals surface area contributed by atoms with Gasteiger partial charge in [-0.05, 0) is 38.3 Å². The first-order chi connectivity index (χ1) is 9.32. The first-order valence-electron chi connectivity index (χ1n) is 6.61. The molecule has 0 saturated heterocycles. The summed E-state index contributed by atoms with van der Waals surface area (Å²) in [5.41, 5.74) is 0.682. The van der Waals surface area contributed by atoms with Crippen LogP contribution < -0.4 is 5.32 Å². The van der Waals surface area contributed by atoms with Crippen molar-refractivity contribution in [3.63, 3.8) is 0 Å².